The van der Waals surface area contributed by atoms with Gasteiger partial charge in [0.25, 0.3) is 0 Å². The molecule has 1 saturated heterocycles. The van der Waals surface area contributed by atoms with Gasteiger partial charge in [0, 0.05) is 33.2 Å². The molecule has 6 heteroatoms. The summed E-state index contributed by atoms with van der Waals surface area (Å²) in [6.07, 6.45) is 3.76. The van der Waals surface area contributed by atoms with Crippen LogP contribution in [0.5, 0.6) is 0 Å². The average Bonchev–Trinajstić information content (AvgIpc) is 2.41. The van der Waals surface area contributed by atoms with Crippen LogP contribution in [0.25, 0.3) is 0 Å². The van der Waals surface area contributed by atoms with E-state index in [-0.39, 0.29) is 6.03 Å². The van der Waals surface area contributed by atoms with Gasteiger partial charge in [-0.3, -0.25) is 0 Å². The van der Waals surface area contributed by atoms with Crippen molar-refractivity contribution in [1.82, 2.24) is 14.8 Å². The third-order valence-corrected chi connectivity index (χ3v) is 3.72. The van der Waals surface area contributed by atoms with Crippen LogP contribution in [0.4, 0.5) is 10.5 Å². The van der Waals surface area contributed by atoms with Crippen LogP contribution in [-0.2, 0) is 0 Å². The van der Waals surface area contributed by atoms with Gasteiger partial charge in [0.05, 0.1) is 11.9 Å². The molecule has 1 aromatic rings. The Bertz CT molecular complexity index is 427. The first-order chi connectivity index (χ1) is 9.06. The minimum atomic E-state index is 0.101. The highest BCUT2D eigenvalue weighted by molar-refractivity contribution is 9.10. The Kier molecular flexibility index (Phi) is 4.63. The Morgan fingerprint density at radius 3 is 2.63 bits per heavy atom. The highest BCUT2D eigenvalue weighted by Gasteiger charge is 2.23. The number of pyridine rings is 1. The Labute approximate surface area is 122 Å². The smallest absolute Gasteiger partial charge is 0.319 e. The van der Waals surface area contributed by atoms with E-state index in [0.717, 1.165) is 36.2 Å². The summed E-state index contributed by atoms with van der Waals surface area (Å²) < 4.78 is 0.837. The number of urea groups is 1. The van der Waals surface area contributed by atoms with E-state index in [1.54, 1.807) is 19.0 Å². The van der Waals surface area contributed by atoms with Crippen LogP contribution in [0.3, 0.4) is 0 Å². The molecule has 0 aliphatic carbocycles. The molecule has 1 N–H and O–H groups in total. The molecule has 1 aromatic heterocycles. The topological polar surface area (TPSA) is 48.5 Å². The lowest BCUT2D eigenvalue weighted by Gasteiger charge is -2.34. The normalized spacial score (nSPS) is 16.3. The maximum Gasteiger partial charge on any atom is 0.319 e. The van der Waals surface area contributed by atoms with Crippen LogP contribution < -0.4 is 5.32 Å². The Morgan fingerprint density at radius 1 is 1.42 bits per heavy atom. The first-order valence-electron chi connectivity index (χ1n) is 6.40. The third-order valence-electron chi connectivity index (χ3n) is 3.25. The number of rotatable bonds is 2. The van der Waals surface area contributed by atoms with E-state index in [4.69, 9.17) is 0 Å². The van der Waals surface area contributed by atoms with Gasteiger partial charge in [-0.05, 0) is 40.9 Å². The van der Waals surface area contributed by atoms with Crippen molar-refractivity contribution in [2.45, 2.75) is 18.9 Å². The first-order valence-corrected chi connectivity index (χ1v) is 7.20. The molecule has 0 spiro atoms. The number of hydrogen-bond donors (Lipinski definition) is 1. The lowest BCUT2D eigenvalue weighted by Crippen LogP contribution is -2.46. The molecule has 0 bridgehead atoms. The molecule has 2 amide bonds. The summed E-state index contributed by atoms with van der Waals surface area (Å²) in [5, 5.41) is 3.46. The second-order valence-corrected chi connectivity index (χ2v) is 5.76. The van der Waals surface area contributed by atoms with Gasteiger partial charge in [-0.2, -0.15) is 0 Å². The van der Waals surface area contributed by atoms with Gasteiger partial charge in [-0.1, -0.05) is 0 Å². The lowest BCUT2D eigenvalue weighted by molar-refractivity contribution is 0.158. The second-order valence-electron chi connectivity index (χ2n) is 4.95. The first kappa shape index (κ1) is 14.1. The number of nitrogens with zero attached hydrogens (tertiary/aromatic N) is 3. The van der Waals surface area contributed by atoms with Gasteiger partial charge in [0.15, 0.2) is 0 Å². The molecule has 0 atom stereocenters. The van der Waals surface area contributed by atoms with Gasteiger partial charge in [-0.15, -0.1) is 0 Å². The molecule has 2 heterocycles. The van der Waals surface area contributed by atoms with Gasteiger partial charge < -0.3 is 15.1 Å². The second kappa shape index (κ2) is 6.23. The maximum absolute atomic E-state index is 11.8. The maximum atomic E-state index is 11.8. The average molecular weight is 327 g/mol. The molecule has 2 rings (SSSR count). The number of amides is 2. The zero-order chi connectivity index (χ0) is 13.8. The van der Waals surface area contributed by atoms with Crippen LogP contribution in [-0.4, -0.2) is 54.0 Å². The van der Waals surface area contributed by atoms with Crippen LogP contribution in [0, 0.1) is 0 Å². The van der Waals surface area contributed by atoms with Crippen molar-refractivity contribution in [3.63, 3.8) is 0 Å². The molecule has 1 aliphatic heterocycles. The summed E-state index contributed by atoms with van der Waals surface area (Å²) in [5.74, 6) is 0. The number of halogens is 1. The molecule has 0 radical (unpaired) electrons. The number of anilines is 1. The standard InChI is InChI=1S/C13H19BrN4O/c1-17(2)13(19)18-7-5-10(6-8-18)16-11-3-4-12(14)15-9-11/h3-4,9-10,16H,5-8H2,1-2H3. The highest BCUT2D eigenvalue weighted by Crippen LogP contribution is 2.17. The molecule has 0 unspecified atom stereocenters. The van der Waals surface area contributed by atoms with Crippen molar-refractivity contribution in [3.8, 4) is 0 Å². The van der Waals surface area contributed by atoms with Crippen molar-refractivity contribution >= 4 is 27.6 Å². The number of carbonyl (C=O) groups excluding carboxylic acids is 1. The molecule has 0 saturated carbocycles. The summed E-state index contributed by atoms with van der Waals surface area (Å²) in [6.45, 7) is 1.61. The number of nitrogens with one attached hydrogen (secondary N) is 1. The third kappa shape index (κ3) is 3.83. The molecule has 1 fully saturated rings. The van der Waals surface area contributed by atoms with Crippen LogP contribution >= 0.6 is 15.9 Å². The number of likely N-dealkylation sites (tertiary alicyclic amines) is 1. The van der Waals surface area contributed by atoms with E-state index in [1.807, 2.05) is 23.2 Å². The van der Waals surface area contributed by atoms with E-state index in [2.05, 4.69) is 26.2 Å². The summed E-state index contributed by atoms with van der Waals surface area (Å²) in [6, 6.07) is 4.44. The zero-order valence-corrected chi connectivity index (χ0v) is 12.9. The summed E-state index contributed by atoms with van der Waals surface area (Å²) >= 11 is 3.32. The number of carbonyl (C=O) groups is 1. The van der Waals surface area contributed by atoms with E-state index >= 15 is 0 Å². The zero-order valence-electron chi connectivity index (χ0n) is 11.3. The van der Waals surface area contributed by atoms with E-state index in [9.17, 15) is 4.79 Å². The number of piperidine rings is 1. The molecular formula is C13H19BrN4O. The SMILES string of the molecule is CN(C)C(=O)N1CCC(Nc2ccc(Br)nc2)CC1. The van der Waals surface area contributed by atoms with Gasteiger partial charge in [-0.25, -0.2) is 9.78 Å². The largest absolute Gasteiger partial charge is 0.381 e. The summed E-state index contributed by atoms with van der Waals surface area (Å²) in [4.78, 5) is 19.5. The predicted molar refractivity (Wildman–Crippen MR) is 79.2 cm³/mol. The van der Waals surface area contributed by atoms with Gasteiger partial charge in [0.2, 0.25) is 0 Å². The Balaban J connectivity index is 1.83. The molecule has 19 heavy (non-hydrogen) atoms. The van der Waals surface area contributed by atoms with Crippen molar-refractivity contribution in [2.75, 3.05) is 32.5 Å². The molecular weight excluding hydrogens is 308 g/mol. The van der Waals surface area contributed by atoms with E-state index in [0.29, 0.717) is 6.04 Å². The van der Waals surface area contributed by atoms with Gasteiger partial charge in [0.1, 0.15) is 4.60 Å². The number of hydrogen-bond acceptors (Lipinski definition) is 3. The summed E-state index contributed by atoms with van der Waals surface area (Å²) in [7, 11) is 3.58. The van der Waals surface area contributed by atoms with Crippen LogP contribution in [0.1, 0.15) is 12.8 Å². The minimum Gasteiger partial charge on any atom is -0.381 e. The van der Waals surface area contributed by atoms with Crippen molar-refractivity contribution in [1.29, 1.82) is 0 Å². The number of aromatic nitrogens is 1. The van der Waals surface area contributed by atoms with E-state index < -0.39 is 0 Å². The molecule has 0 aromatic carbocycles. The van der Waals surface area contributed by atoms with Crippen LogP contribution in [0.2, 0.25) is 0 Å². The lowest BCUT2D eigenvalue weighted by atomic mass is 10.1. The summed E-state index contributed by atoms with van der Waals surface area (Å²) in [5.41, 5.74) is 1.03. The Morgan fingerprint density at radius 2 is 2.11 bits per heavy atom. The van der Waals surface area contributed by atoms with E-state index in [1.165, 1.54) is 0 Å². The molecule has 1 aliphatic rings. The minimum absolute atomic E-state index is 0.101. The van der Waals surface area contributed by atoms with Gasteiger partial charge >= 0.3 is 6.03 Å². The fourth-order valence-corrected chi connectivity index (χ4v) is 2.43. The van der Waals surface area contributed by atoms with Crippen molar-refractivity contribution < 1.29 is 4.79 Å². The molecule has 104 valence electrons. The quantitative estimate of drug-likeness (QED) is 0.849. The molecule has 5 nitrogen and oxygen atoms in total. The Hall–Kier alpha value is -1.30. The van der Waals surface area contributed by atoms with Crippen molar-refractivity contribution in [3.05, 3.63) is 22.9 Å². The highest BCUT2D eigenvalue weighted by atomic mass is 79.9. The fourth-order valence-electron chi connectivity index (χ4n) is 2.19. The van der Waals surface area contributed by atoms with Crippen molar-refractivity contribution in [2.24, 2.45) is 0 Å². The fraction of sp³-hybridized carbons (Fsp3) is 0.538. The monoisotopic (exact) mass is 326 g/mol. The predicted octanol–water partition coefficient (Wildman–Crippen LogP) is 2.40. The van der Waals surface area contributed by atoms with Crippen LogP contribution in [0.15, 0.2) is 22.9 Å².